The number of benzene rings is 2. The fourth-order valence-corrected chi connectivity index (χ4v) is 4.73. The number of carbonyl (C=O) groups is 2. The van der Waals surface area contributed by atoms with E-state index in [9.17, 15) is 33.0 Å². The SMILES string of the molecule is COCCN(C(=O)c1ccc(C(F)(F)F)cc1)[C@@H]1C=C(C(=O)NCCO)[C@@H]2c3ccccc3O[C@@H]2[C@H]1O. The zero-order valence-electron chi connectivity index (χ0n) is 19.9. The first kappa shape index (κ1) is 26.6. The van der Waals surface area contributed by atoms with E-state index in [4.69, 9.17) is 9.47 Å². The van der Waals surface area contributed by atoms with E-state index in [1.165, 1.54) is 18.1 Å². The van der Waals surface area contributed by atoms with Crippen molar-refractivity contribution in [2.45, 2.75) is 30.3 Å². The number of para-hydroxylation sites is 1. The van der Waals surface area contributed by atoms with Crippen LogP contribution in [0.4, 0.5) is 13.2 Å². The number of hydrogen-bond acceptors (Lipinski definition) is 6. The Hall–Kier alpha value is -3.41. The lowest BCUT2D eigenvalue weighted by atomic mass is 9.77. The van der Waals surface area contributed by atoms with Crippen molar-refractivity contribution in [3.05, 3.63) is 76.9 Å². The normalized spacial score (nSPS) is 22.4. The highest BCUT2D eigenvalue weighted by Gasteiger charge is 2.50. The number of carbonyl (C=O) groups excluding carboxylic acids is 2. The van der Waals surface area contributed by atoms with Crippen molar-refractivity contribution >= 4 is 11.8 Å². The Morgan fingerprint density at radius 2 is 1.84 bits per heavy atom. The summed E-state index contributed by atoms with van der Waals surface area (Å²) >= 11 is 0. The van der Waals surface area contributed by atoms with Crippen LogP contribution in [0.15, 0.2) is 60.2 Å². The maximum atomic E-state index is 13.5. The third-order valence-electron chi connectivity index (χ3n) is 6.49. The maximum absolute atomic E-state index is 13.5. The summed E-state index contributed by atoms with van der Waals surface area (Å²) in [5.74, 6) is -1.26. The predicted molar refractivity (Wildman–Crippen MR) is 126 cm³/mol. The van der Waals surface area contributed by atoms with Gasteiger partial charge in [-0.05, 0) is 36.4 Å². The first-order valence-electron chi connectivity index (χ1n) is 11.7. The summed E-state index contributed by atoms with van der Waals surface area (Å²) in [6.07, 6.45) is -5.23. The first-order valence-corrected chi connectivity index (χ1v) is 11.7. The lowest BCUT2D eigenvalue weighted by molar-refractivity contribution is -0.137. The fourth-order valence-electron chi connectivity index (χ4n) is 4.73. The van der Waals surface area contributed by atoms with Gasteiger partial charge in [-0.2, -0.15) is 13.2 Å². The zero-order chi connectivity index (χ0) is 26.7. The third-order valence-corrected chi connectivity index (χ3v) is 6.49. The van der Waals surface area contributed by atoms with Crippen LogP contribution in [0.25, 0.3) is 0 Å². The molecule has 0 saturated carbocycles. The zero-order valence-corrected chi connectivity index (χ0v) is 19.9. The monoisotopic (exact) mass is 520 g/mol. The minimum Gasteiger partial charge on any atom is -0.486 e. The van der Waals surface area contributed by atoms with Crippen molar-refractivity contribution in [3.8, 4) is 5.75 Å². The Morgan fingerprint density at radius 1 is 1.14 bits per heavy atom. The molecule has 0 spiro atoms. The summed E-state index contributed by atoms with van der Waals surface area (Å²) in [4.78, 5) is 27.9. The summed E-state index contributed by atoms with van der Waals surface area (Å²) in [7, 11) is 1.43. The number of halogens is 3. The van der Waals surface area contributed by atoms with E-state index in [1.54, 1.807) is 24.3 Å². The van der Waals surface area contributed by atoms with E-state index in [0.717, 1.165) is 24.3 Å². The minimum atomic E-state index is -4.56. The highest BCUT2D eigenvalue weighted by atomic mass is 19.4. The van der Waals surface area contributed by atoms with Gasteiger partial charge >= 0.3 is 6.18 Å². The molecule has 3 N–H and O–H groups in total. The number of nitrogens with one attached hydrogen (secondary N) is 1. The van der Waals surface area contributed by atoms with Gasteiger partial charge in [0.05, 0.1) is 30.7 Å². The van der Waals surface area contributed by atoms with Gasteiger partial charge in [-0.25, -0.2) is 0 Å². The molecule has 1 aliphatic heterocycles. The van der Waals surface area contributed by atoms with Gasteiger partial charge in [-0.15, -0.1) is 0 Å². The topological polar surface area (TPSA) is 108 Å². The Morgan fingerprint density at radius 3 is 2.49 bits per heavy atom. The van der Waals surface area contributed by atoms with Gasteiger partial charge < -0.3 is 29.9 Å². The molecule has 1 heterocycles. The summed E-state index contributed by atoms with van der Waals surface area (Å²) < 4.78 is 50.2. The standard InChI is InChI=1S/C26H27F3N2O6/c1-36-13-11-31(25(35)15-6-8-16(9-7-15)26(27,28)29)19-14-18(24(34)30-10-12-32)21-17-4-2-3-5-20(17)37-23(21)22(19)33/h2-9,14,19,21-23,32-33H,10-13H2,1H3,(H,30,34)/t19-,21+,22+,23+/m1/s1. The Balaban J connectivity index is 1.73. The van der Waals surface area contributed by atoms with Crippen molar-refractivity contribution in [1.29, 1.82) is 0 Å². The quantitative estimate of drug-likeness (QED) is 0.492. The van der Waals surface area contributed by atoms with Crippen LogP contribution in [0.3, 0.4) is 0 Å². The van der Waals surface area contributed by atoms with Crippen LogP contribution in [0.2, 0.25) is 0 Å². The number of amides is 2. The van der Waals surface area contributed by atoms with Crippen LogP contribution in [0.5, 0.6) is 5.75 Å². The summed E-state index contributed by atoms with van der Waals surface area (Å²) in [5, 5.41) is 23.2. The highest BCUT2D eigenvalue weighted by molar-refractivity contribution is 5.97. The highest BCUT2D eigenvalue weighted by Crippen LogP contribution is 2.47. The summed E-state index contributed by atoms with van der Waals surface area (Å²) in [6.45, 7) is -0.213. The van der Waals surface area contributed by atoms with Crippen molar-refractivity contribution in [1.82, 2.24) is 10.2 Å². The van der Waals surface area contributed by atoms with Gasteiger partial charge in [0.2, 0.25) is 5.91 Å². The number of nitrogens with zero attached hydrogens (tertiary/aromatic N) is 1. The predicted octanol–water partition coefficient (Wildman–Crippen LogP) is 2.12. The number of hydrogen-bond donors (Lipinski definition) is 3. The van der Waals surface area contributed by atoms with E-state index < -0.39 is 47.7 Å². The van der Waals surface area contributed by atoms with Crippen LogP contribution in [-0.4, -0.2) is 78.6 Å². The van der Waals surface area contributed by atoms with Crippen molar-refractivity contribution in [2.75, 3.05) is 33.4 Å². The van der Waals surface area contributed by atoms with Gasteiger partial charge in [0, 0.05) is 36.9 Å². The molecule has 8 nitrogen and oxygen atoms in total. The lowest BCUT2D eigenvalue weighted by Crippen LogP contribution is -2.56. The average Bonchev–Trinajstić information content (AvgIpc) is 3.28. The number of ether oxygens (including phenoxy) is 2. The maximum Gasteiger partial charge on any atom is 0.416 e. The second-order valence-electron chi connectivity index (χ2n) is 8.75. The van der Waals surface area contributed by atoms with E-state index >= 15 is 0 Å². The molecule has 0 radical (unpaired) electrons. The van der Waals surface area contributed by atoms with Gasteiger partial charge in [-0.1, -0.05) is 18.2 Å². The van der Waals surface area contributed by atoms with Crippen molar-refractivity contribution in [2.24, 2.45) is 0 Å². The second-order valence-corrected chi connectivity index (χ2v) is 8.75. The first-order chi connectivity index (χ1) is 17.7. The van der Waals surface area contributed by atoms with Gasteiger partial charge in [-0.3, -0.25) is 9.59 Å². The molecular weight excluding hydrogens is 493 g/mol. The molecule has 2 aromatic carbocycles. The molecule has 11 heteroatoms. The Bertz CT molecular complexity index is 1170. The van der Waals surface area contributed by atoms with E-state index in [0.29, 0.717) is 11.3 Å². The van der Waals surface area contributed by atoms with Crippen LogP contribution < -0.4 is 10.1 Å². The smallest absolute Gasteiger partial charge is 0.416 e. The second kappa shape index (κ2) is 10.9. The van der Waals surface area contributed by atoms with Crippen LogP contribution >= 0.6 is 0 Å². The van der Waals surface area contributed by atoms with Crippen molar-refractivity contribution < 1.29 is 42.4 Å². The largest absolute Gasteiger partial charge is 0.486 e. The van der Waals surface area contributed by atoms with Gasteiger partial charge in [0.15, 0.2) is 0 Å². The number of rotatable bonds is 8. The van der Waals surface area contributed by atoms with Gasteiger partial charge in [0.1, 0.15) is 18.0 Å². The number of aliphatic hydroxyl groups is 2. The van der Waals surface area contributed by atoms with E-state index in [2.05, 4.69) is 5.32 Å². The molecular formula is C26H27F3N2O6. The Kier molecular flexibility index (Phi) is 7.86. The van der Waals surface area contributed by atoms with E-state index in [-0.39, 0.29) is 37.4 Å². The molecule has 0 bridgehead atoms. The fraction of sp³-hybridized carbons (Fsp3) is 0.385. The number of aliphatic hydroxyl groups excluding tert-OH is 2. The molecule has 2 amide bonds. The summed E-state index contributed by atoms with van der Waals surface area (Å²) in [5.41, 5.74) is 0.0378. The van der Waals surface area contributed by atoms with E-state index in [1.807, 2.05) is 0 Å². The molecule has 0 aromatic heterocycles. The number of fused-ring (bicyclic) bond motifs is 3. The minimum absolute atomic E-state index is 0.00115. The molecule has 1 aliphatic carbocycles. The molecule has 2 aromatic rings. The molecule has 0 saturated heterocycles. The van der Waals surface area contributed by atoms with Crippen LogP contribution in [0.1, 0.15) is 27.4 Å². The summed E-state index contributed by atoms with van der Waals surface area (Å²) in [6, 6.07) is 9.78. The molecule has 37 heavy (non-hydrogen) atoms. The van der Waals surface area contributed by atoms with Crippen LogP contribution in [0, 0.1) is 0 Å². The van der Waals surface area contributed by atoms with Gasteiger partial charge in [0.25, 0.3) is 5.91 Å². The average molecular weight is 521 g/mol. The molecule has 4 rings (SSSR count). The lowest BCUT2D eigenvalue weighted by Gasteiger charge is -2.40. The number of methoxy groups -OCH3 is 1. The third kappa shape index (κ3) is 5.34. The van der Waals surface area contributed by atoms with Crippen LogP contribution in [-0.2, 0) is 15.7 Å². The number of alkyl halides is 3. The van der Waals surface area contributed by atoms with Crippen molar-refractivity contribution in [3.63, 3.8) is 0 Å². The molecule has 0 unspecified atom stereocenters. The molecule has 198 valence electrons. The molecule has 2 aliphatic rings. The Labute approximate surface area is 211 Å². The molecule has 4 atom stereocenters. The molecule has 0 fully saturated rings.